The highest BCUT2D eigenvalue weighted by atomic mass is 16.1. The molecule has 0 aromatic carbocycles. The molecular weight excluding hydrogens is 148 g/mol. The van der Waals surface area contributed by atoms with Crippen LogP contribution in [0.2, 0.25) is 0 Å². The van der Waals surface area contributed by atoms with Crippen LogP contribution in [0, 0.1) is 0 Å². The largest absolute Gasteiger partial charge is 0.299 e. The molecule has 1 rings (SSSR count). The Morgan fingerprint density at radius 1 is 1.58 bits per heavy atom. The van der Waals surface area contributed by atoms with E-state index in [0.717, 1.165) is 12.7 Å². The maximum Gasteiger partial charge on any atom is 0.142 e. The number of aldehydes is 1. The van der Waals surface area contributed by atoms with E-state index in [1.54, 1.807) is 6.08 Å². The zero-order valence-electron chi connectivity index (χ0n) is 7.68. The van der Waals surface area contributed by atoms with Crippen LogP contribution in [-0.2, 0) is 4.79 Å². The Morgan fingerprint density at radius 3 is 3.00 bits per heavy atom. The second-order valence-corrected chi connectivity index (χ2v) is 3.43. The van der Waals surface area contributed by atoms with Gasteiger partial charge in [0.15, 0.2) is 0 Å². The van der Waals surface area contributed by atoms with Gasteiger partial charge in [-0.25, -0.2) is 0 Å². The second-order valence-electron chi connectivity index (χ2n) is 3.43. The Hall–Kier alpha value is -0.850. The lowest BCUT2D eigenvalue weighted by Crippen LogP contribution is -1.92. The summed E-state index contributed by atoms with van der Waals surface area (Å²) in [5.41, 5.74) is 2.69. The molecule has 12 heavy (non-hydrogen) atoms. The minimum absolute atomic E-state index is 0.874. The molecule has 0 aromatic heterocycles. The standard InChI is InChI=1S/C11H16O/c1-10(7-8-12)9-11-5-3-2-4-6-11/h5,7-8H,2-4,6,9H2,1H3. The first-order chi connectivity index (χ1) is 5.83. The normalized spacial score (nSPS) is 18.8. The van der Waals surface area contributed by atoms with Crippen LogP contribution in [0.15, 0.2) is 23.3 Å². The molecule has 0 spiro atoms. The summed E-state index contributed by atoms with van der Waals surface area (Å²) in [5.74, 6) is 0. The average Bonchev–Trinajstić information content (AvgIpc) is 2.06. The summed E-state index contributed by atoms with van der Waals surface area (Å²) in [6.07, 6.45) is 11.0. The molecule has 0 saturated carbocycles. The summed E-state index contributed by atoms with van der Waals surface area (Å²) < 4.78 is 0. The number of hydrogen-bond donors (Lipinski definition) is 0. The van der Waals surface area contributed by atoms with E-state index in [1.807, 2.05) is 6.92 Å². The van der Waals surface area contributed by atoms with Crippen molar-refractivity contribution in [3.05, 3.63) is 23.3 Å². The fourth-order valence-corrected chi connectivity index (χ4v) is 1.60. The van der Waals surface area contributed by atoms with E-state index in [4.69, 9.17) is 0 Å². The molecule has 66 valence electrons. The highest BCUT2D eigenvalue weighted by molar-refractivity contribution is 5.66. The molecule has 0 fully saturated rings. The van der Waals surface area contributed by atoms with E-state index in [9.17, 15) is 4.79 Å². The van der Waals surface area contributed by atoms with Gasteiger partial charge in [0.2, 0.25) is 0 Å². The van der Waals surface area contributed by atoms with Gasteiger partial charge in [0, 0.05) is 0 Å². The smallest absolute Gasteiger partial charge is 0.142 e. The van der Waals surface area contributed by atoms with Crippen LogP contribution in [0.3, 0.4) is 0 Å². The molecule has 1 aliphatic carbocycles. The van der Waals surface area contributed by atoms with Gasteiger partial charge in [0.05, 0.1) is 0 Å². The van der Waals surface area contributed by atoms with Crippen LogP contribution < -0.4 is 0 Å². The summed E-state index contributed by atoms with van der Waals surface area (Å²) in [4.78, 5) is 10.2. The summed E-state index contributed by atoms with van der Waals surface area (Å²) in [6, 6.07) is 0. The highest BCUT2D eigenvalue weighted by Gasteiger charge is 2.03. The van der Waals surface area contributed by atoms with Crippen LogP contribution in [0.4, 0.5) is 0 Å². The fraction of sp³-hybridized carbons (Fsp3) is 0.545. The van der Waals surface area contributed by atoms with E-state index in [2.05, 4.69) is 6.08 Å². The van der Waals surface area contributed by atoms with Gasteiger partial charge in [-0.05, 0) is 45.1 Å². The maximum absolute atomic E-state index is 10.2. The third-order valence-corrected chi connectivity index (χ3v) is 2.24. The van der Waals surface area contributed by atoms with Crippen molar-refractivity contribution < 1.29 is 4.79 Å². The predicted molar refractivity (Wildman–Crippen MR) is 51.0 cm³/mol. The third-order valence-electron chi connectivity index (χ3n) is 2.24. The van der Waals surface area contributed by atoms with Crippen LogP contribution >= 0.6 is 0 Å². The molecule has 0 heterocycles. The molecule has 0 amide bonds. The SMILES string of the molecule is CC(=CC=O)CC1=CCCCC1. The van der Waals surface area contributed by atoms with Gasteiger partial charge in [-0.15, -0.1) is 0 Å². The Kier molecular flexibility index (Phi) is 3.78. The van der Waals surface area contributed by atoms with Crippen molar-refractivity contribution in [2.75, 3.05) is 0 Å². The van der Waals surface area contributed by atoms with Crippen molar-refractivity contribution in [3.63, 3.8) is 0 Å². The Labute approximate surface area is 74.2 Å². The van der Waals surface area contributed by atoms with E-state index >= 15 is 0 Å². The van der Waals surface area contributed by atoms with Crippen molar-refractivity contribution in [1.82, 2.24) is 0 Å². The summed E-state index contributed by atoms with van der Waals surface area (Å²) >= 11 is 0. The number of hydrogen-bond acceptors (Lipinski definition) is 1. The Balaban J connectivity index is 2.44. The molecule has 1 heteroatoms. The van der Waals surface area contributed by atoms with Gasteiger partial charge in [0.25, 0.3) is 0 Å². The first-order valence-corrected chi connectivity index (χ1v) is 4.62. The van der Waals surface area contributed by atoms with E-state index in [1.165, 1.54) is 36.8 Å². The molecule has 0 saturated heterocycles. The first-order valence-electron chi connectivity index (χ1n) is 4.62. The minimum Gasteiger partial charge on any atom is -0.299 e. The van der Waals surface area contributed by atoms with E-state index in [0.29, 0.717) is 0 Å². The maximum atomic E-state index is 10.2. The van der Waals surface area contributed by atoms with Crippen LogP contribution in [0.25, 0.3) is 0 Å². The average molecular weight is 164 g/mol. The molecular formula is C11H16O. The zero-order valence-corrected chi connectivity index (χ0v) is 7.68. The molecule has 0 radical (unpaired) electrons. The molecule has 0 aliphatic heterocycles. The molecule has 1 aliphatic rings. The number of allylic oxidation sites excluding steroid dienone is 4. The monoisotopic (exact) mass is 164 g/mol. The second kappa shape index (κ2) is 4.91. The van der Waals surface area contributed by atoms with E-state index < -0.39 is 0 Å². The summed E-state index contributed by atoms with van der Waals surface area (Å²) in [6.45, 7) is 2.02. The lowest BCUT2D eigenvalue weighted by Gasteiger charge is -2.12. The number of rotatable bonds is 3. The molecule has 0 unspecified atom stereocenters. The number of carbonyl (C=O) groups is 1. The lowest BCUT2D eigenvalue weighted by atomic mass is 9.94. The van der Waals surface area contributed by atoms with Gasteiger partial charge >= 0.3 is 0 Å². The quantitative estimate of drug-likeness (QED) is 0.356. The van der Waals surface area contributed by atoms with Crippen molar-refractivity contribution in [2.45, 2.75) is 39.0 Å². The van der Waals surface area contributed by atoms with Crippen molar-refractivity contribution >= 4 is 6.29 Å². The zero-order chi connectivity index (χ0) is 8.81. The van der Waals surface area contributed by atoms with Gasteiger partial charge in [-0.3, -0.25) is 4.79 Å². The predicted octanol–water partition coefficient (Wildman–Crippen LogP) is 3.02. The van der Waals surface area contributed by atoms with Gasteiger partial charge in [-0.1, -0.05) is 17.2 Å². The topological polar surface area (TPSA) is 17.1 Å². The van der Waals surface area contributed by atoms with Crippen molar-refractivity contribution in [2.24, 2.45) is 0 Å². The summed E-state index contributed by atoms with van der Waals surface area (Å²) in [7, 11) is 0. The molecule has 0 bridgehead atoms. The summed E-state index contributed by atoms with van der Waals surface area (Å²) in [5, 5.41) is 0. The van der Waals surface area contributed by atoms with Crippen molar-refractivity contribution in [3.8, 4) is 0 Å². The minimum atomic E-state index is 0.874. The van der Waals surface area contributed by atoms with Crippen LogP contribution in [-0.4, -0.2) is 6.29 Å². The third kappa shape index (κ3) is 3.04. The Bertz CT molecular complexity index is 211. The highest BCUT2D eigenvalue weighted by Crippen LogP contribution is 2.22. The van der Waals surface area contributed by atoms with Crippen molar-refractivity contribution in [1.29, 1.82) is 0 Å². The molecule has 0 aromatic rings. The van der Waals surface area contributed by atoms with Crippen LogP contribution in [0.1, 0.15) is 39.0 Å². The molecule has 1 nitrogen and oxygen atoms in total. The van der Waals surface area contributed by atoms with Crippen LogP contribution in [0.5, 0.6) is 0 Å². The van der Waals surface area contributed by atoms with Gasteiger partial charge in [-0.2, -0.15) is 0 Å². The van der Waals surface area contributed by atoms with E-state index in [-0.39, 0.29) is 0 Å². The molecule has 0 N–H and O–H groups in total. The Morgan fingerprint density at radius 2 is 2.42 bits per heavy atom. The van der Waals surface area contributed by atoms with Gasteiger partial charge < -0.3 is 0 Å². The first kappa shape index (κ1) is 9.24. The lowest BCUT2D eigenvalue weighted by molar-refractivity contribution is -0.104. The molecule has 0 atom stereocenters. The van der Waals surface area contributed by atoms with Gasteiger partial charge in [0.1, 0.15) is 6.29 Å². The number of carbonyl (C=O) groups excluding carboxylic acids is 1. The fourth-order valence-electron chi connectivity index (χ4n) is 1.60.